The zero-order valence-corrected chi connectivity index (χ0v) is 7.55. The molecule has 0 unspecified atom stereocenters. The SMILES string of the molecule is O=C1CCCCc2ccccc2N1.[HH]. The van der Waals surface area contributed by atoms with Crippen LogP contribution in [0.15, 0.2) is 24.3 Å². The summed E-state index contributed by atoms with van der Waals surface area (Å²) in [6.45, 7) is 0. The Kier molecular flexibility index (Phi) is 2.30. The van der Waals surface area contributed by atoms with E-state index in [1.54, 1.807) is 0 Å². The quantitative estimate of drug-likeness (QED) is 0.648. The molecule has 0 spiro atoms. The Bertz CT molecular complexity index is 325. The van der Waals surface area contributed by atoms with Crippen LogP contribution in [0.25, 0.3) is 0 Å². The van der Waals surface area contributed by atoms with E-state index in [0.29, 0.717) is 6.42 Å². The molecule has 0 aliphatic carbocycles. The number of rotatable bonds is 0. The number of carbonyl (C=O) groups excluding carboxylic acids is 1. The van der Waals surface area contributed by atoms with Crippen molar-refractivity contribution < 1.29 is 6.22 Å². The second kappa shape index (κ2) is 3.60. The van der Waals surface area contributed by atoms with Crippen LogP contribution >= 0.6 is 0 Å². The number of fused-ring (bicyclic) bond motifs is 1. The molecule has 1 aromatic carbocycles. The third kappa shape index (κ3) is 1.89. The molecule has 13 heavy (non-hydrogen) atoms. The summed E-state index contributed by atoms with van der Waals surface area (Å²) in [7, 11) is 0. The Morgan fingerprint density at radius 3 is 2.85 bits per heavy atom. The molecule has 0 saturated heterocycles. The van der Waals surface area contributed by atoms with E-state index < -0.39 is 0 Å². The summed E-state index contributed by atoms with van der Waals surface area (Å²) in [5.41, 5.74) is 2.25. The molecule has 0 bridgehead atoms. The van der Waals surface area contributed by atoms with Crippen molar-refractivity contribution in [1.82, 2.24) is 0 Å². The summed E-state index contributed by atoms with van der Waals surface area (Å²) in [6.07, 6.45) is 3.86. The molecule has 70 valence electrons. The molecule has 1 amide bonds. The molecule has 2 nitrogen and oxygen atoms in total. The van der Waals surface area contributed by atoms with Crippen molar-refractivity contribution in [3.63, 3.8) is 0 Å². The fourth-order valence-electron chi connectivity index (χ4n) is 1.67. The fraction of sp³-hybridized carbons (Fsp3) is 0.364. The number of aryl methyl sites for hydroxylation is 1. The Balaban J connectivity index is 0.000000980. The van der Waals surface area contributed by atoms with Crippen molar-refractivity contribution in [2.75, 3.05) is 5.32 Å². The van der Waals surface area contributed by atoms with Crippen LogP contribution in [0.4, 0.5) is 5.69 Å². The molecule has 0 fully saturated rings. The average Bonchev–Trinajstić information content (AvgIpc) is 2.11. The highest BCUT2D eigenvalue weighted by Crippen LogP contribution is 2.20. The van der Waals surface area contributed by atoms with Gasteiger partial charge in [0.2, 0.25) is 5.91 Å². The molecule has 2 heteroatoms. The summed E-state index contributed by atoms with van der Waals surface area (Å²) < 4.78 is 0. The number of carbonyl (C=O) groups is 1. The van der Waals surface area contributed by atoms with Crippen LogP contribution < -0.4 is 5.32 Å². The topological polar surface area (TPSA) is 29.1 Å². The molecule has 2 rings (SSSR count). The summed E-state index contributed by atoms with van der Waals surface area (Å²) in [6, 6.07) is 8.03. The van der Waals surface area contributed by atoms with Crippen molar-refractivity contribution in [3.8, 4) is 0 Å². The predicted molar refractivity (Wildman–Crippen MR) is 54.7 cm³/mol. The normalized spacial score (nSPS) is 16.8. The first-order chi connectivity index (χ1) is 6.36. The minimum absolute atomic E-state index is 0. The van der Waals surface area contributed by atoms with Gasteiger partial charge in [0.05, 0.1) is 0 Å². The van der Waals surface area contributed by atoms with Gasteiger partial charge in [-0.2, -0.15) is 0 Å². The minimum Gasteiger partial charge on any atom is -0.326 e. The average molecular weight is 177 g/mol. The second-order valence-electron chi connectivity index (χ2n) is 3.41. The third-order valence-corrected chi connectivity index (χ3v) is 2.39. The maximum atomic E-state index is 11.3. The highest BCUT2D eigenvalue weighted by Gasteiger charge is 2.09. The minimum atomic E-state index is 0. The number of amides is 1. The van der Waals surface area contributed by atoms with Gasteiger partial charge < -0.3 is 5.32 Å². The first kappa shape index (κ1) is 8.30. The largest absolute Gasteiger partial charge is 0.326 e. The summed E-state index contributed by atoms with van der Waals surface area (Å²) in [4.78, 5) is 11.3. The maximum Gasteiger partial charge on any atom is 0.224 e. The maximum absolute atomic E-state index is 11.3. The van der Waals surface area contributed by atoms with E-state index in [0.717, 1.165) is 24.9 Å². The molecule has 0 saturated carbocycles. The van der Waals surface area contributed by atoms with Crippen LogP contribution in [0, 0.1) is 0 Å². The molecule has 1 aliphatic rings. The van der Waals surface area contributed by atoms with Gasteiger partial charge in [-0.3, -0.25) is 4.79 Å². The van der Waals surface area contributed by atoms with E-state index in [2.05, 4.69) is 11.4 Å². The van der Waals surface area contributed by atoms with Gasteiger partial charge in [-0.1, -0.05) is 18.2 Å². The van der Waals surface area contributed by atoms with E-state index in [1.807, 2.05) is 18.2 Å². The lowest BCUT2D eigenvalue weighted by atomic mass is 10.0. The number of nitrogens with one attached hydrogen (secondary N) is 1. The zero-order valence-electron chi connectivity index (χ0n) is 7.55. The zero-order chi connectivity index (χ0) is 9.10. The number of anilines is 1. The van der Waals surface area contributed by atoms with Gasteiger partial charge in [0.25, 0.3) is 0 Å². The van der Waals surface area contributed by atoms with E-state index >= 15 is 0 Å². The molecule has 0 radical (unpaired) electrons. The van der Waals surface area contributed by atoms with Crippen molar-refractivity contribution in [2.45, 2.75) is 25.7 Å². The van der Waals surface area contributed by atoms with Gasteiger partial charge in [-0.15, -0.1) is 0 Å². The van der Waals surface area contributed by atoms with Gasteiger partial charge in [-0.25, -0.2) is 0 Å². The molecular weight excluding hydrogens is 162 g/mol. The van der Waals surface area contributed by atoms with Gasteiger partial charge in [-0.05, 0) is 30.9 Å². The van der Waals surface area contributed by atoms with Gasteiger partial charge in [0.15, 0.2) is 0 Å². The van der Waals surface area contributed by atoms with Crippen molar-refractivity contribution in [2.24, 2.45) is 0 Å². The first-order valence-corrected chi connectivity index (χ1v) is 4.74. The van der Waals surface area contributed by atoms with Gasteiger partial charge >= 0.3 is 0 Å². The number of hydrogen-bond donors (Lipinski definition) is 1. The molecular formula is C11H15NO. The fourth-order valence-corrected chi connectivity index (χ4v) is 1.67. The molecule has 1 aromatic rings. The van der Waals surface area contributed by atoms with Gasteiger partial charge in [0, 0.05) is 13.5 Å². The Labute approximate surface area is 79.4 Å². The lowest BCUT2D eigenvalue weighted by Gasteiger charge is -2.13. The summed E-state index contributed by atoms with van der Waals surface area (Å²) in [5.74, 6) is 0.146. The van der Waals surface area contributed by atoms with E-state index in [4.69, 9.17) is 0 Å². The van der Waals surface area contributed by atoms with Crippen LogP contribution in [0.5, 0.6) is 0 Å². The number of hydrogen-bond acceptors (Lipinski definition) is 1. The van der Waals surface area contributed by atoms with Crippen molar-refractivity contribution in [1.29, 1.82) is 0 Å². The first-order valence-electron chi connectivity index (χ1n) is 4.74. The van der Waals surface area contributed by atoms with E-state index in [-0.39, 0.29) is 7.33 Å². The summed E-state index contributed by atoms with van der Waals surface area (Å²) in [5, 5.41) is 2.92. The Morgan fingerprint density at radius 1 is 1.15 bits per heavy atom. The molecule has 1 heterocycles. The van der Waals surface area contributed by atoms with Crippen LogP contribution in [-0.4, -0.2) is 5.91 Å². The van der Waals surface area contributed by atoms with E-state index in [1.165, 1.54) is 5.56 Å². The van der Waals surface area contributed by atoms with Crippen molar-refractivity contribution in [3.05, 3.63) is 29.8 Å². The van der Waals surface area contributed by atoms with Crippen LogP contribution in [0.2, 0.25) is 0 Å². The third-order valence-electron chi connectivity index (χ3n) is 2.39. The monoisotopic (exact) mass is 177 g/mol. The van der Waals surface area contributed by atoms with Gasteiger partial charge in [0.1, 0.15) is 0 Å². The predicted octanol–water partition coefficient (Wildman–Crippen LogP) is 2.60. The number of benzene rings is 1. The smallest absolute Gasteiger partial charge is 0.224 e. The highest BCUT2D eigenvalue weighted by molar-refractivity contribution is 5.91. The molecule has 1 aliphatic heterocycles. The lowest BCUT2D eigenvalue weighted by Crippen LogP contribution is -2.14. The molecule has 1 N–H and O–H groups in total. The highest BCUT2D eigenvalue weighted by atomic mass is 16.1. The van der Waals surface area contributed by atoms with Crippen LogP contribution in [0.1, 0.15) is 26.3 Å². The van der Waals surface area contributed by atoms with E-state index in [9.17, 15) is 4.79 Å². The van der Waals surface area contributed by atoms with Crippen LogP contribution in [0.3, 0.4) is 0 Å². The molecule has 0 aromatic heterocycles. The van der Waals surface area contributed by atoms with Crippen LogP contribution in [-0.2, 0) is 11.2 Å². The lowest BCUT2D eigenvalue weighted by molar-refractivity contribution is -0.116. The van der Waals surface area contributed by atoms with Crippen molar-refractivity contribution >= 4 is 11.6 Å². The Hall–Kier alpha value is -1.31. The second-order valence-corrected chi connectivity index (χ2v) is 3.41. The molecule has 0 atom stereocenters. The standard InChI is InChI=1S/C11H13NO.H2/c13-11-8-4-2-6-9-5-1-3-7-10(9)12-11;/h1,3,5,7H,2,4,6,8H2,(H,12,13);1H. The summed E-state index contributed by atoms with van der Waals surface area (Å²) >= 11 is 0. The number of para-hydroxylation sites is 1. The Morgan fingerprint density at radius 2 is 1.92 bits per heavy atom.